The molecular formula is C20H24N2O3. The summed E-state index contributed by atoms with van der Waals surface area (Å²) in [6.45, 7) is 6.00. The van der Waals surface area contributed by atoms with Crippen molar-refractivity contribution in [3.05, 3.63) is 52.9 Å². The van der Waals surface area contributed by atoms with Crippen molar-refractivity contribution in [2.75, 3.05) is 13.2 Å². The third kappa shape index (κ3) is 3.14. The Labute approximate surface area is 147 Å². The average molecular weight is 340 g/mol. The molecule has 5 heteroatoms. The maximum atomic E-state index is 13.0. The van der Waals surface area contributed by atoms with Gasteiger partial charge in [0.1, 0.15) is 5.76 Å². The van der Waals surface area contributed by atoms with Gasteiger partial charge in [0, 0.05) is 24.5 Å². The summed E-state index contributed by atoms with van der Waals surface area (Å²) in [7, 11) is 0. The molecule has 0 N–H and O–H groups in total. The minimum absolute atomic E-state index is 0.0303. The monoisotopic (exact) mass is 340 g/mol. The number of ether oxygens (including phenoxy) is 1. The van der Waals surface area contributed by atoms with Gasteiger partial charge >= 0.3 is 0 Å². The molecule has 5 nitrogen and oxygen atoms in total. The van der Waals surface area contributed by atoms with Crippen LogP contribution in [0.5, 0.6) is 0 Å². The second kappa shape index (κ2) is 6.73. The quantitative estimate of drug-likeness (QED) is 0.800. The zero-order valence-corrected chi connectivity index (χ0v) is 14.8. The van der Waals surface area contributed by atoms with Crippen molar-refractivity contribution in [2.24, 2.45) is 5.92 Å². The van der Waals surface area contributed by atoms with Gasteiger partial charge in [0.25, 0.3) is 0 Å². The molecule has 0 amide bonds. The molecule has 0 spiro atoms. The lowest BCUT2D eigenvalue weighted by atomic mass is 9.80. The number of aryl methyl sites for hydroxylation is 2. The van der Waals surface area contributed by atoms with Gasteiger partial charge in [-0.3, -0.25) is 9.69 Å². The largest absolute Gasteiger partial charge is 0.378 e. The second-order valence-corrected chi connectivity index (χ2v) is 7.23. The van der Waals surface area contributed by atoms with Gasteiger partial charge in [-0.15, -0.1) is 0 Å². The van der Waals surface area contributed by atoms with Crippen molar-refractivity contribution in [3.8, 4) is 0 Å². The highest BCUT2D eigenvalue weighted by atomic mass is 16.5. The van der Waals surface area contributed by atoms with E-state index in [-0.39, 0.29) is 11.7 Å². The first-order valence-electron chi connectivity index (χ1n) is 8.98. The smallest absolute Gasteiger partial charge is 0.171 e. The Kier molecular flexibility index (Phi) is 4.44. The lowest BCUT2D eigenvalue weighted by Crippen LogP contribution is -2.57. The Morgan fingerprint density at radius 1 is 1.16 bits per heavy atom. The Hall–Kier alpha value is -1.98. The summed E-state index contributed by atoms with van der Waals surface area (Å²) < 4.78 is 11.0. The van der Waals surface area contributed by atoms with Crippen LogP contribution >= 0.6 is 0 Å². The maximum absolute atomic E-state index is 13.0. The van der Waals surface area contributed by atoms with Crippen LogP contribution in [-0.4, -0.2) is 41.1 Å². The zero-order chi connectivity index (χ0) is 17.4. The average Bonchev–Trinajstić information content (AvgIpc) is 2.93. The number of fused-ring (bicyclic) bond motifs is 2. The number of benzene rings is 1. The first-order chi connectivity index (χ1) is 12.1. The van der Waals surface area contributed by atoms with Crippen molar-refractivity contribution >= 4 is 5.78 Å². The number of morpholine rings is 1. The molecule has 1 aromatic carbocycles. The minimum atomic E-state index is 0.0303. The SMILES string of the molecule is Cc1noc(C)c1C(=O)C1CC2COCC(C1)N2Cc1ccccc1. The molecule has 0 aliphatic carbocycles. The third-order valence-corrected chi connectivity index (χ3v) is 5.53. The van der Waals surface area contributed by atoms with E-state index in [1.165, 1.54) is 5.56 Å². The standard InChI is InChI=1S/C20H24N2O3/c1-13-19(14(2)25-21-13)20(23)16-8-17-11-24-12-18(9-16)22(17)10-15-6-4-3-5-7-15/h3-7,16-18H,8-12H2,1-2H3. The van der Waals surface area contributed by atoms with Crippen LogP contribution in [0.3, 0.4) is 0 Å². The highest BCUT2D eigenvalue weighted by molar-refractivity contribution is 5.99. The van der Waals surface area contributed by atoms with Crippen molar-refractivity contribution in [3.63, 3.8) is 0 Å². The highest BCUT2D eigenvalue weighted by Gasteiger charge is 2.42. The van der Waals surface area contributed by atoms with E-state index in [2.05, 4.69) is 34.3 Å². The van der Waals surface area contributed by atoms with E-state index < -0.39 is 0 Å². The number of hydrogen-bond acceptors (Lipinski definition) is 5. The van der Waals surface area contributed by atoms with Crippen LogP contribution in [-0.2, 0) is 11.3 Å². The van der Waals surface area contributed by atoms with Crippen LogP contribution in [0.4, 0.5) is 0 Å². The van der Waals surface area contributed by atoms with Crippen LogP contribution in [0.25, 0.3) is 0 Å². The molecule has 4 rings (SSSR count). The van der Waals surface area contributed by atoms with Crippen molar-refractivity contribution in [2.45, 2.75) is 45.3 Å². The molecule has 25 heavy (non-hydrogen) atoms. The van der Waals surface area contributed by atoms with Crippen molar-refractivity contribution in [1.29, 1.82) is 0 Å². The van der Waals surface area contributed by atoms with Gasteiger partial charge in [-0.1, -0.05) is 35.5 Å². The van der Waals surface area contributed by atoms with Gasteiger partial charge in [0.2, 0.25) is 0 Å². The number of aromatic nitrogens is 1. The third-order valence-electron chi connectivity index (χ3n) is 5.53. The number of piperidine rings is 1. The fourth-order valence-electron chi connectivity index (χ4n) is 4.30. The van der Waals surface area contributed by atoms with Crippen LogP contribution in [0, 0.1) is 19.8 Å². The Morgan fingerprint density at radius 2 is 1.84 bits per heavy atom. The number of hydrogen-bond donors (Lipinski definition) is 0. The van der Waals surface area contributed by atoms with Gasteiger partial charge in [0.15, 0.2) is 5.78 Å². The van der Waals surface area contributed by atoms with Gasteiger partial charge in [0.05, 0.1) is 24.5 Å². The van der Waals surface area contributed by atoms with E-state index in [0.717, 1.165) is 19.4 Å². The summed E-state index contributed by atoms with van der Waals surface area (Å²) in [5.41, 5.74) is 2.70. The predicted octanol–water partition coefficient (Wildman–Crippen LogP) is 3.15. The van der Waals surface area contributed by atoms with Crippen LogP contribution in [0.15, 0.2) is 34.9 Å². The van der Waals surface area contributed by atoms with Gasteiger partial charge < -0.3 is 9.26 Å². The summed E-state index contributed by atoms with van der Waals surface area (Å²) in [6, 6.07) is 11.1. The second-order valence-electron chi connectivity index (χ2n) is 7.23. The number of rotatable bonds is 4. The summed E-state index contributed by atoms with van der Waals surface area (Å²) in [4.78, 5) is 15.6. The minimum Gasteiger partial charge on any atom is -0.378 e. The molecule has 2 unspecified atom stereocenters. The first kappa shape index (κ1) is 16.5. The topological polar surface area (TPSA) is 55.6 Å². The van der Waals surface area contributed by atoms with Crippen LogP contribution < -0.4 is 0 Å². The number of nitrogens with zero attached hydrogens (tertiary/aromatic N) is 2. The molecular weight excluding hydrogens is 316 g/mol. The first-order valence-corrected chi connectivity index (χ1v) is 8.98. The molecule has 2 fully saturated rings. The predicted molar refractivity (Wildman–Crippen MR) is 93.4 cm³/mol. The van der Waals surface area contributed by atoms with E-state index in [1.54, 1.807) is 0 Å². The Balaban J connectivity index is 1.52. The molecule has 1 aromatic heterocycles. The van der Waals surface area contributed by atoms with E-state index in [9.17, 15) is 4.79 Å². The fourth-order valence-corrected chi connectivity index (χ4v) is 4.30. The molecule has 2 aliphatic heterocycles. The Morgan fingerprint density at radius 3 is 2.44 bits per heavy atom. The Bertz CT molecular complexity index is 722. The van der Waals surface area contributed by atoms with Crippen LogP contribution in [0.1, 0.15) is 40.2 Å². The van der Waals surface area contributed by atoms with Crippen molar-refractivity contribution in [1.82, 2.24) is 10.1 Å². The molecule has 0 radical (unpaired) electrons. The fraction of sp³-hybridized carbons (Fsp3) is 0.500. The summed E-state index contributed by atoms with van der Waals surface area (Å²) in [5, 5.41) is 3.94. The molecule has 132 valence electrons. The van der Waals surface area contributed by atoms with Crippen LogP contribution in [0.2, 0.25) is 0 Å². The number of ketones is 1. The lowest BCUT2D eigenvalue weighted by Gasteiger charge is -2.48. The van der Waals surface area contributed by atoms with Gasteiger partial charge in [-0.2, -0.15) is 0 Å². The van der Waals surface area contributed by atoms with E-state index in [4.69, 9.17) is 9.26 Å². The molecule has 2 aromatic rings. The summed E-state index contributed by atoms with van der Waals surface area (Å²) in [6.07, 6.45) is 1.68. The van der Waals surface area contributed by atoms with Gasteiger partial charge in [-0.05, 0) is 32.3 Å². The molecule has 3 heterocycles. The molecule has 0 saturated carbocycles. The number of Topliss-reactive ketones (excluding diaryl/α,β-unsaturated/α-hetero) is 1. The maximum Gasteiger partial charge on any atom is 0.171 e. The molecule has 2 atom stereocenters. The molecule has 2 saturated heterocycles. The number of carbonyl (C=O) groups excluding carboxylic acids is 1. The lowest BCUT2D eigenvalue weighted by molar-refractivity contribution is -0.0873. The van der Waals surface area contributed by atoms with Crippen molar-refractivity contribution < 1.29 is 14.1 Å². The van der Waals surface area contributed by atoms with E-state index in [0.29, 0.717) is 42.3 Å². The van der Waals surface area contributed by atoms with Gasteiger partial charge in [-0.25, -0.2) is 0 Å². The molecule has 2 aliphatic rings. The normalized spacial score (nSPS) is 26.6. The van der Waals surface area contributed by atoms with E-state index in [1.807, 2.05) is 19.9 Å². The number of carbonyl (C=O) groups is 1. The van der Waals surface area contributed by atoms with E-state index >= 15 is 0 Å². The summed E-state index contributed by atoms with van der Waals surface area (Å²) >= 11 is 0. The highest BCUT2D eigenvalue weighted by Crippen LogP contribution is 2.35. The summed E-state index contributed by atoms with van der Waals surface area (Å²) in [5.74, 6) is 0.853. The molecule has 2 bridgehead atoms. The zero-order valence-electron chi connectivity index (χ0n) is 14.8.